The number of hydrogen-bond donors (Lipinski definition) is 1. The average Bonchev–Trinajstić information content (AvgIpc) is 3.31. The number of amides is 2. The van der Waals surface area contributed by atoms with Crippen molar-refractivity contribution in [2.45, 2.75) is 84.4 Å². The van der Waals surface area contributed by atoms with Crippen LogP contribution < -0.4 is 5.32 Å². The van der Waals surface area contributed by atoms with Gasteiger partial charge in [-0.05, 0) is 75.6 Å². The lowest BCUT2D eigenvalue weighted by atomic mass is 9.92. The molecule has 4 rings (SSSR count). The van der Waals surface area contributed by atoms with Crippen LogP contribution in [0, 0.1) is 18.8 Å². The number of hydrogen-bond acceptors (Lipinski definition) is 4. The van der Waals surface area contributed by atoms with E-state index in [4.69, 9.17) is 16.3 Å². The number of nitrogens with zero attached hydrogens (tertiary/aromatic N) is 2. The highest BCUT2D eigenvalue weighted by Gasteiger charge is 2.33. The molecule has 2 amide bonds. The maximum atomic E-state index is 12.9. The van der Waals surface area contributed by atoms with E-state index in [2.05, 4.69) is 35.9 Å². The quantitative estimate of drug-likeness (QED) is 0.609. The molecule has 3 atom stereocenters. The number of piperazine rings is 1. The fourth-order valence-corrected chi connectivity index (χ4v) is 6.16. The van der Waals surface area contributed by atoms with E-state index in [0.29, 0.717) is 23.3 Å². The van der Waals surface area contributed by atoms with Crippen molar-refractivity contribution in [3.8, 4) is 0 Å². The van der Waals surface area contributed by atoms with Gasteiger partial charge in [-0.2, -0.15) is 0 Å². The van der Waals surface area contributed by atoms with Gasteiger partial charge in [-0.25, -0.2) is 0 Å². The molecule has 34 heavy (non-hydrogen) atoms. The van der Waals surface area contributed by atoms with Crippen LogP contribution in [0.5, 0.6) is 0 Å². The zero-order valence-corrected chi connectivity index (χ0v) is 21.7. The molecule has 3 aliphatic rings. The molecule has 2 aliphatic heterocycles. The monoisotopic (exact) mass is 489 g/mol. The average molecular weight is 490 g/mol. The van der Waals surface area contributed by atoms with Crippen LogP contribution in [0.4, 0.5) is 5.69 Å². The molecule has 2 heterocycles. The molecule has 1 N–H and O–H groups in total. The highest BCUT2D eigenvalue weighted by atomic mass is 35.5. The Kier molecular flexibility index (Phi) is 8.54. The Morgan fingerprint density at radius 1 is 1.15 bits per heavy atom. The summed E-state index contributed by atoms with van der Waals surface area (Å²) in [7, 11) is 0. The Morgan fingerprint density at radius 3 is 2.62 bits per heavy atom. The van der Waals surface area contributed by atoms with Gasteiger partial charge < -0.3 is 15.0 Å². The summed E-state index contributed by atoms with van der Waals surface area (Å²) in [5.41, 5.74) is 3.00. The van der Waals surface area contributed by atoms with Gasteiger partial charge >= 0.3 is 0 Å². The zero-order chi connectivity index (χ0) is 24.2. The highest BCUT2D eigenvalue weighted by Crippen LogP contribution is 2.30. The van der Waals surface area contributed by atoms with Crippen LogP contribution in [0.25, 0.3) is 0 Å². The summed E-state index contributed by atoms with van der Waals surface area (Å²) >= 11 is 6.46. The lowest BCUT2D eigenvalue weighted by Gasteiger charge is -2.41. The van der Waals surface area contributed by atoms with Crippen LogP contribution in [-0.2, 0) is 20.9 Å². The maximum absolute atomic E-state index is 12.9. The van der Waals surface area contributed by atoms with E-state index < -0.39 is 0 Å². The van der Waals surface area contributed by atoms with Crippen LogP contribution in [0.15, 0.2) is 12.1 Å². The van der Waals surface area contributed by atoms with E-state index in [-0.39, 0.29) is 24.0 Å². The number of halogens is 1. The number of ether oxygens (including phenoxy) is 1. The van der Waals surface area contributed by atoms with Gasteiger partial charge in [0, 0.05) is 61.9 Å². The Bertz CT molecular complexity index is 886. The number of carbonyl (C=O) groups excluding carboxylic acids is 2. The van der Waals surface area contributed by atoms with E-state index in [9.17, 15) is 9.59 Å². The Morgan fingerprint density at radius 2 is 1.91 bits per heavy atom. The molecule has 0 radical (unpaired) electrons. The van der Waals surface area contributed by atoms with Crippen LogP contribution in [0.3, 0.4) is 0 Å². The molecule has 1 aromatic carbocycles. The minimum absolute atomic E-state index is 0.0445. The second-order valence-electron chi connectivity index (χ2n) is 10.7. The summed E-state index contributed by atoms with van der Waals surface area (Å²) in [5, 5.41) is 3.75. The Balaban J connectivity index is 1.35. The van der Waals surface area contributed by atoms with Crippen LogP contribution in [-0.4, -0.2) is 60.0 Å². The van der Waals surface area contributed by atoms with E-state index in [1.54, 1.807) is 0 Å². The zero-order valence-electron chi connectivity index (χ0n) is 20.9. The second kappa shape index (κ2) is 11.4. The van der Waals surface area contributed by atoms with E-state index in [1.165, 1.54) is 12.8 Å². The predicted octanol–water partition coefficient (Wildman–Crippen LogP) is 5.02. The standard InChI is InChI=1S/C27H40ClN3O3/c1-18-16-30(9-10-31(18)27(33)22-6-4-5-7-22)17-23-14-24(28)15-25(20(23)3)29-26(32)13-21-8-11-34-19(2)12-21/h14-15,18-19,21-22H,4-13,16-17H2,1-3H3,(H,29,32)/t18-,19?,21?/m0/s1. The van der Waals surface area contributed by atoms with Crippen molar-refractivity contribution >= 4 is 29.1 Å². The van der Waals surface area contributed by atoms with Crippen LogP contribution in [0.2, 0.25) is 5.02 Å². The van der Waals surface area contributed by atoms with Crippen molar-refractivity contribution in [3.63, 3.8) is 0 Å². The fourth-order valence-electron chi connectivity index (χ4n) is 5.92. The van der Waals surface area contributed by atoms with Crippen molar-refractivity contribution in [2.24, 2.45) is 11.8 Å². The molecule has 6 nitrogen and oxygen atoms in total. The molecule has 1 saturated carbocycles. The largest absolute Gasteiger partial charge is 0.378 e. The number of anilines is 1. The van der Waals surface area contributed by atoms with Crippen molar-refractivity contribution in [2.75, 3.05) is 31.6 Å². The number of nitrogens with one attached hydrogen (secondary N) is 1. The van der Waals surface area contributed by atoms with E-state index in [0.717, 1.165) is 75.3 Å². The van der Waals surface area contributed by atoms with Crippen molar-refractivity contribution in [3.05, 3.63) is 28.3 Å². The van der Waals surface area contributed by atoms with Crippen LogP contribution >= 0.6 is 11.6 Å². The number of benzene rings is 1. The number of carbonyl (C=O) groups is 2. The van der Waals surface area contributed by atoms with Gasteiger partial charge in [0.25, 0.3) is 0 Å². The molecule has 3 fully saturated rings. The number of rotatable bonds is 6. The molecular weight excluding hydrogens is 450 g/mol. The molecule has 2 unspecified atom stereocenters. The third kappa shape index (κ3) is 6.32. The molecule has 0 aromatic heterocycles. The Hall–Kier alpha value is -1.63. The summed E-state index contributed by atoms with van der Waals surface area (Å²) in [4.78, 5) is 30.2. The normalized spacial score (nSPS) is 26.6. The smallest absolute Gasteiger partial charge is 0.226 e. The fraction of sp³-hybridized carbons (Fsp3) is 0.704. The highest BCUT2D eigenvalue weighted by molar-refractivity contribution is 6.31. The third-order valence-electron chi connectivity index (χ3n) is 7.91. The van der Waals surface area contributed by atoms with Crippen molar-refractivity contribution in [1.82, 2.24) is 9.80 Å². The lowest BCUT2D eigenvalue weighted by molar-refractivity contribution is -0.140. The first-order chi connectivity index (χ1) is 16.3. The molecule has 2 saturated heterocycles. The third-order valence-corrected chi connectivity index (χ3v) is 8.13. The first kappa shape index (κ1) is 25.5. The first-order valence-electron chi connectivity index (χ1n) is 13.0. The van der Waals surface area contributed by atoms with E-state index >= 15 is 0 Å². The molecule has 1 aliphatic carbocycles. The molecule has 188 valence electrons. The minimum atomic E-state index is 0.0445. The molecule has 7 heteroatoms. The van der Waals surface area contributed by atoms with Gasteiger partial charge in [0.2, 0.25) is 11.8 Å². The van der Waals surface area contributed by atoms with Gasteiger partial charge in [-0.3, -0.25) is 14.5 Å². The summed E-state index contributed by atoms with van der Waals surface area (Å²) in [6, 6.07) is 4.07. The Labute approximate surface area is 209 Å². The topological polar surface area (TPSA) is 61.9 Å². The summed E-state index contributed by atoms with van der Waals surface area (Å²) in [6.07, 6.45) is 7.08. The maximum Gasteiger partial charge on any atom is 0.226 e. The summed E-state index contributed by atoms with van der Waals surface area (Å²) in [6.45, 7) is 10.3. The molecule has 1 aromatic rings. The van der Waals surface area contributed by atoms with Crippen LogP contribution in [0.1, 0.15) is 69.9 Å². The SMILES string of the molecule is Cc1c(CN2CCN(C(=O)C3CCCC3)[C@@H](C)C2)cc(Cl)cc1NC(=O)CC1CCOC(C)C1. The van der Waals surface area contributed by atoms with Gasteiger partial charge in [0.1, 0.15) is 0 Å². The molecule has 0 spiro atoms. The van der Waals surface area contributed by atoms with Gasteiger partial charge in [0.15, 0.2) is 0 Å². The summed E-state index contributed by atoms with van der Waals surface area (Å²) < 4.78 is 5.61. The molecule has 0 bridgehead atoms. The summed E-state index contributed by atoms with van der Waals surface area (Å²) in [5.74, 6) is 1.00. The molecular formula is C27H40ClN3O3. The second-order valence-corrected chi connectivity index (χ2v) is 11.1. The first-order valence-corrected chi connectivity index (χ1v) is 13.4. The minimum Gasteiger partial charge on any atom is -0.378 e. The van der Waals surface area contributed by atoms with Crippen molar-refractivity contribution in [1.29, 1.82) is 0 Å². The van der Waals surface area contributed by atoms with Gasteiger partial charge in [0.05, 0.1) is 6.10 Å². The van der Waals surface area contributed by atoms with E-state index in [1.807, 2.05) is 12.1 Å². The van der Waals surface area contributed by atoms with Gasteiger partial charge in [-0.1, -0.05) is 24.4 Å². The van der Waals surface area contributed by atoms with Crippen molar-refractivity contribution < 1.29 is 14.3 Å². The predicted molar refractivity (Wildman–Crippen MR) is 136 cm³/mol. The lowest BCUT2D eigenvalue weighted by Crippen LogP contribution is -2.54. The van der Waals surface area contributed by atoms with Gasteiger partial charge in [-0.15, -0.1) is 0 Å².